The quantitative estimate of drug-likeness (QED) is 0.614. The molecule has 4 aliphatic carbocycles. The Morgan fingerprint density at radius 2 is 1.59 bits per heavy atom. The van der Waals surface area contributed by atoms with Gasteiger partial charge in [-0.1, -0.05) is 18.2 Å². The van der Waals surface area contributed by atoms with E-state index in [1.807, 2.05) is 18.2 Å². The van der Waals surface area contributed by atoms with Crippen LogP contribution in [0.1, 0.15) is 44.9 Å². The molecule has 0 radical (unpaired) electrons. The van der Waals surface area contributed by atoms with Gasteiger partial charge in [-0.25, -0.2) is 4.79 Å². The van der Waals surface area contributed by atoms with Gasteiger partial charge in [0.25, 0.3) is 5.91 Å². The maximum Gasteiger partial charge on any atom is 0.315 e. The van der Waals surface area contributed by atoms with Gasteiger partial charge in [0.05, 0.1) is 6.42 Å². The molecule has 0 atom stereocenters. The van der Waals surface area contributed by atoms with Crippen molar-refractivity contribution in [2.75, 3.05) is 18.5 Å². The van der Waals surface area contributed by atoms with Crippen LogP contribution in [0.2, 0.25) is 0 Å². The first kappa shape index (κ1) is 19.7. The summed E-state index contributed by atoms with van der Waals surface area (Å²) in [5.41, 5.74) is 0.603. The van der Waals surface area contributed by atoms with Crippen LogP contribution in [-0.4, -0.2) is 36.6 Å². The Labute approximate surface area is 171 Å². The van der Waals surface area contributed by atoms with Crippen LogP contribution in [0.15, 0.2) is 30.3 Å². The average molecular weight is 399 g/mol. The minimum absolute atomic E-state index is 0.0346. The van der Waals surface area contributed by atoms with Gasteiger partial charge in [-0.3, -0.25) is 9.59 Å². The Balaban J connectivity index is 1.13. The zero-order valence-electron chi connectivity index (χ0n) is 16.6. The summed E-state index contributed by atoms with van der Waals surface area (Å²) in [6.45, 7) is -0.148. The van der Waals surface area contributed by atoms with Gasteiger partial charge in [0, 0.05) is 17.8 Å². The maximum atomic E-state index is 12.3. The van der Waals surface area contributed by atoms with E-state index in [1.54, 1.807) is 12.1 Å². The van der Waals surface area contributed by atoms with Gasteiger partial charge < -0.3 is 20.7 Å². The molecule has 29 heavy (non-hydrogen) atoms. The molecule has 5 rings (SSSR count). The highest BCUT2D eigenvalue weighted by molar-refractivity contribution is 5.92. The number of hydrogen-bond donors (Lipinski definition) is 3. The Kier molecular flexibility index (Phi) is 5.74. The van der Waals surface area contributed by atoms with Gasteiger partial charge in [-0.05, 0) is 68.4 Å². The number of anilines is 1. The summed E-state index contributed by atoms with van der Waals surface area (Å²) in [4.78, 5) is 35.9. The van der Waals surface area contributed by atoms with Gasteiger partial charge >= 0.3 is 12.0 Å². The van der Waals surface area contributed by atoms with Gasteiger partial charge in [0.2, 0.25) is 0 Å². The predicted octanol–water partition coefficient (Wildman–Crippen LogP) is 2.83. The first-order valence-electron chi connectivity index (χ1n) is 10.6. The highest BCUT2D eigenvalue weighted by atomic mass is 16.5. The van der Waals surface area contributed by atoms with E-state index in [-0.39, 0.29) is 31.1 Å². The number of para-hydroxylation sites is 1. The number of carbonyl (C=O) groups is 3. The second-order valence-corrected chi connectivity index (χ2v) is 8.90. The summed E-state index contributed by atoms with van der Waals surface area (Å²) in [7, 11) is 0. The van der Waals surface area contributed by atoms with E-state index in [0.717, 1.165) is 37.0 Å². The summed E-state index contributed by atoms with van der Waals surface area (Å²) in [5, 5.41) is 8.62. The lowest BCUT2D eigenvalue weighted by Crippen LogP contribution is -2.61. The van der Waals surface area contributed by atoms with Crippen LogP contribution >= 0.6 is 0 Å². The Morgan fingerprint density at radius 3 is 2.21 bits per heavy atom. The molecular weight excluding hydrogens is 370 g/mol. The van der Waals surface area contributed by atoms with Crippen molar-refractivity contribution < 1.29 is 19.1 Å². The van der Waals surface area contributed by atoms with E-state index >= 15 is 0 Å². The Hall–Kier alpha value is -2.57. The highest BCUT2D eigenvalue weighted by Crippen LogP contribution is 2.55. The molecule has 156 valence electrons. The fraction of sp³-hybridized carbons (Fsp3) is 0.591. The van der Waals surface area contributed by atoms with E-state index < -0.39 is 11.9 Å². The molecule has 0 saturated heterocycles. The van der Waals surface area contributed by atoms with E-state index in [0.29, 0.717) is 5.69 Å². The number of esters is 1. The minimum atomic E-state index is -0.511. The summed E-state index contributed by atoms with van der Waals surface area (Å²) in [6, 6.07) is 8.77. The van der Waals surface area contributed by atoms with Crippen molar-refractivity contribution in [1.82, 2.24) is 10.6 Å². The van der Waals surface area contributed by atoms with E-state index in [2.05, 4.69) is 16.0 Å². The van der Waals surface area contributed by atoms with Crippen molar-refractivity contribution in [3.63, 3.8) is 0 Å². The second kappa shape index (κ2) is 8.43. The van der Waals surface area contributed by atoms with Crippen molar-refractivity contribution >= 4 is 23.6 Å². The van der Waals surface area contributed by atoms with Crippen molar-refractivity contribution in [2.24, 2.45) is 17.8 Å². The van der Waals surface area contributed by atoms with Crippen LogP contribution in [0.25, 0.3) is 0 Å². The Morgan fingerprint density at radius 1 is 0.966 bits per heavy atom. The van der Waals surface area contributed by atoms with Crippen molar-refractivity contribution in [1.29, 1.82) is 0 Å². The summed E-state index contributed by atoms with van der Waals surface area (Å²) >= 11 is 0. The smallest absolute Gasteiger partial charge is 0.315 e. The van der Waals surface area contributed by atoms with Crippen LogP contribution in [0, 0.1) is 17.8 Å². The second-order valence-electron chi connectivity index (χ2n) is 8.90. The molecule has 7 nitrogen and oxygen atoms in total. The number of ether oxygens (including phenoxy) is 1. The van der Waals surface area contributed by atoms with Crippen LogP contribution < -0.4 is 16.0 Å². The largest absolute Gasteiger partial charge is 0.456 e. The third kappa shape index (κ3) is 5.08. The molecular formula is C22H29N3O4. The number of benzene rings is 1. The number of nitrogens with one attached hydrogen (secondary N) is 3. The van der Waals surface area contributed by atoms with Crippen LogP contribution in [0.4, 0.5) is 10.5 Å². The lowest BCUT2D eigenvalue weighted by molar-refractivity contribution is -0.147. The van der Waals surface area contributed by atoms with Gasteiger partial charge in [0.1, 0.15) is 0 Å². The molecule has 0 aromatic heterocycles. The molecule has 3 amide bonds. The van der Waals surface area contributed by atoms with Crippen LogP contribution in [-0.2, 0) is 14.3 Å². The molecule has 1 aromatic rings. The van der Waals surface area contributed by atoms with Crippen LogP contribution in [0.3, 0.4) is 0 Å². The average Bonchev–Trinajstić information content (AvgIpc) is 2.65. The van der Waals surface area contributed by atoms with Crippen molar-refractivity contribution in [3.8, 4) is 0 Å². The lowest BCUT2D eigenvalue weighted by Gasteiger charge is -2.56. The molecule has 0 aliphatic heterocycles. The molecule has 4 aliphatic rings. The summed E-state index contributed by atoms with van der Waals surface area (Å²) < 4.78 is 4.97. The first-order chi connectivity index (χ1) is 14.0. The number of rotatable bonds is 7. The van der Waals surface area contributed by atoms with Crippen molar-refractivity contribution in [3.05, 3.63) is 30.3 Å². The van der Waals surface area contributed by atoms with E-state index in [9.17, 15) is 14.4 Å². The highest BCUT2D eigenvalue weighted by Gasteiger charge is 2.51. The fourth-order valence-electron chi connectivity index (χ4n) is 5.76. The molecule has 3 N–H and O–H groups in total. The van der Waals surface area contributed by atoms with Crippen molar-refractivity contribution in [2.45, 2.75) is 50.5 Å². The zero-order chi connectivity index (χ0) is 20.3. The molecule has 4 saturated carbocycles. The van der Waals surface area contributed by atoms with E-state index in [4.69, 9.17) is 4.74 Å². The van der Waals surface area contributed by atoms with E-state index in [1.165, 1.54) is 19.3 Å². The molecule has 0 spiro atoms. The third-order valence-electron chi connectivity index (χ3n) is 6.45. The Bertz CT molecular complexity index is 729. The maximum absolute atomic E-state index is 12.3. The lowest BCUT2D eigenvalue weighted by atomic mass is 9.53. The molecule has 4 bridgehead atoms. The topological polar surface area (TPSA) is 96.5 Å². The normalized spacial score (nSPS) is 29.2. The monoisotopic (exact) mass is 399 g/mol. The van der Waals surface area contributed by atoms with Crippen LogP contribution in [0.5, 0.6) is 0 Å². The van der Waals surface area contributed by atoms with Gasteiger partial charge in [-0.2, -0.15) is 0 Å². The molecule has 7 heteroatoms. The third-order valence-corrected chi connectivity index (χ3v) is 6.45. The molecule has 0 unspecified atom stereocenters. The number of hydrogen-bond acceptors (Lipinski definition) is 4. The number of urea groups is 1. The summed E-state index contributed by atoms with van der Waals surface area (Å²) in [5.74, 6) is 1.39. The SMILES string of the molecule is O=C(COC(=O)CCNC(=O)NC12CC3CC(CC(C3)C1)C2)Nc1ccccc1. The van der Waals surface area contributed by atoms with Gasteiger partial charge in [-0.15, -0.1) is 0 Å². The summed E-state index contributed by atoms with van der Waals surface area (Å²) in [6.07, 6.45) is 7.28. The molecule has 1 aromatic carbocycles. The first-order valence-corrected chi connectivity index (χ1v) is 10.6. The molecule has 0 heterocycles. The number of amides is 3. The zero-order valence-corrected chi connectivity index (χ0v) is 16.6. The standard InChI is InChI=1S/C22H29N3O4/c26-19(24-18-4-2-1-3-5-18)14-29-20(27)6-7-23-21(28)25-22-11-15-8-16(12-22)10-17(9-15)13-22/h1-5,15-17H,6-14H2,(H,24,26)(H2,23,25,28). The number of carbonyl (C=O) groups excluding carboxylic acids is 3. The predicted molar refractivity (Wildman–Crippen MR) is 108 cm³/mol. The fourth-order valence-corrected chi connectivity index (χ4v) is 5.76. The van der Waals surface area contributed by atoms with Gasteiger partial charge in [0.15, 0.2) is 6.61 Å². The minimum Gasteiger partial charge on any atom is -0.456 e. The molecule has 4 fully saturated rings.